The Balaban J connectivity index is 1.76. The summed E-state index contributed by atoms with van der Waals surface area (Å²) in [6, 6.07) is 11.2. The maximum Gasteiger partial charge on any atom is 0.276 e. The molecule has 2 heterocycles. The highest BCUT2D eigenvalue weighted by atomic mass is 16.5. The van der Waals surface area contributed by atoms with E-state index in [9.17, 15) is 9.90 Å². The molecule has 5 heteroatoms. The van der Waals surface area contributed by atoms with Gasteiger partial charge < -0.3 is 14.5 Å². The Morgan fingerprint density at radius 1 is 1.38 bits per heavy atom. The lowest BCUT2D eigenvalue weighted by atomic mass is 9.96. The van der Waals surface area contributed by atoms with Crippen LogP contribution in [0.2, 0.25) is 0 Å². The van der Waals surface area contributed by atoms with Crippen LogP contribution in [0.15, 0.2) is 40.9 Å². The number of benzene rings is 1. The second kappa shape index (κ2) is 5.69. The number of hydrogen-bond acceptors (Lipinski definition) is 4. The molecule has 1 amide bonds. The van der Waals surface area contributed by atoms with Crippen molar-refractivity contribution in [2.24, 2.45) is 5.92 Å². The Labute approximate surface area is 123 Å². The number of likely N-dealkylation sites (tertiary alicyclic amines) is 1. The summed E-state index contributed by atoms with van der Waals surface area (Å²) in [7, 11) is 0. The minimum Gasteiger partial charge on any atom is -0.393 e. The van der Waals surface area contributed by atoms with Gasteiger partial charge in [-0.3, -0.25) is 4.79 Å². The second-order valence-electron chi connectivity index (χ2n) is 5.53. The van der Waals surface area contributed by atoms with E-state index in [2.05, 4.69) is 5.16 Å². The number of piperidine rings is 1. The van der Waals surface area contributed by atoms with Crippen molar-refractivity contribution < 1.29 is 14.4 Å². The molecule has 2 unspecified atom stereocenters. The molecule has 0 radical (unpaired) electrons. The van der Waals surface area contributed by atoms with E-state index in [1.165, 1.54) is 0 Å². The largest absolute Gasteiger partial charge is 0.393 e. The Bertz CT molecular complexity index is 623. The lowest BCUT2D eigenvalue weighted by molar-refractivity contribution is 0.0292. The fourth-order valence-corrected chi connectivity index (χ4v) is 2.59. The molecule has 3 rings (SSSR count). The maximum absolute atomic E-state index is 12.4. The van der Waals surface area contributed by atoms with Crippen molar-refractivity contribution in [2.75, 3.05) is 13.1 Å². The van der Waals surface area contributed by atoms with E-state index in [-0.39, 0.29) is 17.9 Å². The van der Waals surface area contributed by atoms with Crippen LogP contribution in [0, 0.1) is 5.92 Å². The molecule has 1 aromatic heterocycles. The van der Waals surface area contributed by atoms with Gasteiger partial charge in [-0.1, -0.05) is 42.4 Å². The summed E-state index contributed by atoms with van der Waals surface area (Å²) >= 11 is 0. The minimum absolute atomic E-state index is 0.0863. The third kappa shape index (κ3) is 2.83. The molecule has 0 saturated carbocycles. The molecule has 5 nitrogen and oxygen atoms in total. The second-order valence-corrected chi connectivity index (χ2v) is 5.53. The molecule has 2 atom stereocenters. The van der Waals surface area contributed by atoms with Crippen molar-refractivity contribution in [3.8, 4) is 11.3 Å². The molecule has 1 aliphatic rings. The molecular weight excluding hydrogens is 268 g/mol. The number of carbonyl (C=O) groups is 1. The third-order valence-corrected chi connectivity index (χ3v) is 3.93. The number of aromatic nitrogens is 1. The van der Waals surface area contributed by atoms with Gasteiger partial charge in [0.2, 0.25) is 0 Å². The van der Waals surface area contributed by atoms with Crippen molar-refractivity contribution in [1.29, 1.82) is 0 Å². The zero-order valence-electron chi connectivity index (χ0n) is 11.9. The average molecular weight is 286 g/mol. The van der Waals surface area contributed by atoms with Crippen LogP contribution in [0.5, 0.6) is 0 Å². The molecule has 1 N–H and O–H groups in total. The highest BCUT2D eigenvalue weighted by molar-refractivity contribution is 5.93. The zero-order valence-corrected chi connectivity index (χ0v) is 11.9. The first-order valence-corrected chi connectivity index (χ1v) is 7.14. The number of amides is 1. The van der Waals surface area contributed by atoms with Gasteiger partial charge >= 0.3 is 0 Å². The van der Waals surface area contributed by atoms with Crippen LogP contribution in [0.1, 0.15) is 23.8 Å². The highest BCUT2D eigenvalue weighted by Crippen LogP contribution is 2.22. The van der Waals surface area contributed by atoms with Gasteiger partial charge in [0.15, 0.2) is 11.5 Å². The smallest absolute Gasteiger partial charge is 0.276 e. The molecule has 1 saturated heterocycles. The van der Waals surface area contributed by atoms with Gasteiger partial charge in [0, 0.05) is 24.7 Å². The Morgan fingerprint density at radius 3 is 2.86 bits per heavy atom. The van der Waals surface area contributed by atoms with E-state index in [0.29, 0.717) is 31.0 Å². The number of aliphatic hydroxyl groups excluding tert-OH is 1. The Morgan fingerprint density at radius 2 is 2.14 bits per heavy atom. The van der Waals surface area contributed by atoms with E-state index in [1.807, 2.05) is 37.3 Å². The lowest BCUT2D eigenvalue weighted by Gasteiger charge is -2.33. The van der Waals surface area contributed by atoms with Crippen molar-refractivity contribution in [3.63, 3.8) is 0 Å². The van der Waals surface area contributed by atoms with Crippen LogP contribution >= 0.6 is 0 Å². The standard InChI is InChI=1S/C16H18N2O3/c1-11-10-18(8-7-14(11)19)16(20)13-9-15(21-17-13)12-5-3-2-4-6-12/h2-6,9,11,14,19H,7-8,10H2,1H3. The SMILES string of the molecule is CC1CN(C(=O)c2cc(-c3ccccc3)on2)CCC1O. The molecule has 1 aliphatic heterocycles. The fraction of sp³-hybridized carbons (Fsp3) is 0.375. The summed E-state index contributed by atoms with van der Waals surface area (Å²) in [6.45, 7) is 3.05. The lowest BCUT2D eigenvalue weighted by Crippen LogP contribution is -2.45. The first kappa shape index (κ1) is 13.8. The van der Waals surface area contributed by atoms with E-state index in [1.54, 1.807) is 11.0 Å². The van der Waals surface area contributed by atoms with E-state index >= 15 is 0 Å². The Kier molecular flexibility index (Phi) is 3.75. The van der Waals surface area contributed by atoms with Crippen molar-refractivity contribution in [2.45, 2.75) is 19.4 Å². The molecule has 110 valence electrons. The van der Waals surface area contributed by atoms with Gasteiger partial charge in [0.05, 0.1) is 6.10 Å². The Hall–Kier alpha value is -2.14. The topological polar surface area (TPSA) is 66.6 Å². The molecular formula is C16H18N2O3. The molecule has 2 aromatic rings. The number of carbonyl (C=O) groups excluding carboxylic acids is 1. The summed E-state index contributed by atoms with van der Waals surface area (Å²) in [5.41, 5.74) is 1.21. The van der Waals surface area contributed by atoms with Gasteiger partial charge in [0.1, 0.15) is 0 Å². The minimum atomic E-state index is -0.328. The van der Waals surface area contributed by atoms with Crippen molar-refractivity contribution >= 4 is 5.91 Å². The van der Waals surface area contributed by atoms with E-state index < -0.39 is 0 Å². The normalized spacial score (nSPS) is 22.3. The highest BCUT2D eigenvalue weighted by Gasteiger charge is 2.29. The predicted octanol–water partition coefficient (Wildman–Crippen LogP) is 2.18. The van der Waals surface area contributed by atoms with Gasteiger partial charge in [0.25, 0.3) is 5.91 Å². The number of nitrogens with zero attached hydrogens (tertiary/aromatic N) is 2. The molecule has 21 heavy (non-hydrogen) atoms. The summed E-state index contributed by atoms with van der Waals surface area (Å²) in [5.74, 6) is 0.534. The number of aliphatic hydroxyl groups is 1. The summed E-state index contributed by atoms with van der Waals surface area (Å²) in [4.78, 5) is 14.1. The third-order valence-electron chi connectivity index (χ3n) is 3.93. The van der Waals surface area contributed by atoms with Crippen LogP contribution in [-0.2, 0) is 0 Å². The summed E-state index contributed by atoms with van der Waals surface area (Å²) in [5, 5.41) is 13.6. The molecule has 0 aliphatic carbocycles. The molecule has 0 bridgehead atoms. The monoisotopic (exact) mass is 286 g/mol. The number of hydrogen-bond donors (Lipinski definition) is 1. The van der Waals surface area contributed by atoms with E-state index in [0.717, 1.165) is 5.56 Å². The first-order valence-electron chi connectivity index (χ1n) is 7.14. The van der Waals surface area contributed by atoms with Crippen LogP contribution < -0.4 is 0 Å². The predicted molar refractivity (Wildman–Crippen MR) is 77.6 cm³/mol. The van der Waals surface area contributed by atoms with Crippen LogP contribution in [0.25, 0.3) is 11.3 Å². The van der Waals surface area contributed by atoms with Crippen molar-refractivity contribution in [1.82, 2.24) is 10.1 Å². The number of rotatable bonds is 2. The van der Waals surface area contributed by atoms with Crippen LogP contribution in [0.3, 0.4) is 0 Å². The molecule has 0 spiro atoms. The van der Waals surface area contributed by atoms with Gasteiger partial charge in [-0.05, 0) is 12.3 Å². The fourth-order valence-electron chi connectivity index (χ4n) is 2.59. The van der Waals surface area contributed by atoms with Crippen LogP contribution in [-0.4, -0.2) is 40.3 Å². The van der Waals surface area contributed by atoms with E-state index in [4.69, 9.17) is 4.52 Å². The van der Waals surface area contributed by atoms with Crippen molar-refractivity contribution in [3.05, 3.63) is 42.1 Å². The summed E-state index contributed by atoms with van der Waals surface area (Å²) in [6.07, 6.45) is 0.280. The van der Waals surface area contributed by atoms with Gasteiger partial charge in [-0.25, -0.2) is 0 Å². The zero-order chi connectivity index (χ0) is 14.8. The summed E-state index contributed by atoms with van der Waals surface area (Å²) < 4.78 is 5.26. The first-order chi connectivity index (χ1) is 10.1. The average Bonchev–Trinajstić information content (AvgIpc) is 3.00. The quantitative estimate of drug-likeness (QED) is 0.919. The molecule has 1 fully saturated rings. The molecule has 1 aromatic carbocycles. The van der Waals surface area contributed by atoms with Crippen LogP contribution in [0.4, 0.5) is 0 Å². The van der Waals surface area contributed by atoms with Gasteiger partial charge in [-0.2, -0.15) is 0 Å². The van der Waals surface area contributed by atoms with Gasteiger partial charge in [-0.15, -0.1) is 0 Å². The maximum atomic E-state index is 12.4.